The Kier molecular flexibility index (Phi) is 4.88. The molecule has 0 aromatic carbocycles. The number of anilines is 1. The van der Waals surface area contributed by atoms with E-state index in [-0.39, 0.29) is 17.6 Å². The van der Waals surface area contributed by atoms with E-state index in [4.69, 9.17) is 4.74 Å². The van der Waals surface area contributed by atoms with Gasteiger partial charge in [0.25, 0.3) is 0 Å². The summed E-state index contributed by atoms with van der Waals surface area (Å²) in [6, 6.07) is 0. The highest BCUT2D eigenvalue weighted by molar-refractivity contribution is 9.10. The standard InChI is InChI=1S/C14H17BrN2O3/c1-8-11(15)7-16-13(12(8)17-9(2)18)14(19)10-3-5-20-6-4-10/h7,10H,3-6H2,1-2H3,(H,17,18). The van der Waals surface area contributed by atoms with Gasteiger partial charge in [0.2, 0.25) is 5.91 Å². The Morgan fingerprint density at radius 1 is 1.40 bits per heavy atom. The van der Waals surface area contributed by atoms with E-state index in [1.54, 1.807) is 6.20 Å². The van der Waals surface area contributed by atoms with Gasteiger partial charge in [-0.15, -0.1) is 0 Å². The Hall–Kier alpha value is -1.27. The second kappa shape index (κ2) is 6.45. The molecule has 2 rings (SSSR count). The lowest BCUT2D eigenvalue weighted by molar-refractivity contribution is -0.114. The minimum absolute atomic E-state index is 0.0207. The topological polar surface area (TPSA) is 68.3 Å². The van der Waals surface area contributed by atoms with E-state index < -0.39 is 0 Å². The van der Waals surface area contributed by atoms with Crippen LogP contribution in [0.4, 0.5) is 5.69 Å². The molecule has 108 valence electrons. The lowest BCUT2D eigenvalue weighted by Gasteiger charge is -2.22. The molecule has 1 aliphatic heterocycles. The zero-order valence-corrected chi connectivity index (χ0v) is 13.1. The van der Waals surface area contributed by atoms with Gasteiger partial charge in [0, 0.05) is 36.7 Å². The molecule has 20 heavy (non-hydrogen) atoms. The van der Waals surface area contributed by atoms with E-state index in [0.29, 0.717) is 37.4 Å². The number of hydrogen-bond acceptors (Lipinski definition) is 4. The average molecular weight is 341 g/mol. The molecule has 1 saturated heterocycles. The van der Waals surface area contributed by atoms with Crippen LogP contribution in [0.2, 0.25) is 0 Å². The van der Waals surface area contributed by atoms with Gasteiger partial charge in [-0.2, -0.15) is 0 Å². The predicted molar refractivity (Wildman–Crippen MR) is 78.9 cm³/mol. The molecule has 1 aromatic heterocycles. The summed E-state index contributed by atoms with van der Waals surface area (Å²) in [5.74, 6) is -0.314. The van der Waals surface area contributed by atoms with E-state index >= 15 is 0 Å². The molecule has 0 spiro atoms. The molecule has 2 heterocycles. The molecule has 0 unspecified atom stereocenters. The van der Waals surface area contributed by atoms with E-state index in [1.165, 1.54) is 6.92 Å². The maximum atomic E-state index is 12.6. The number of amides is 1. The third kappa shape index (κ3) is 3.24. The average Bonchev–Trinajstić information content (AvgIpc) is 2.44. The maximum absolute atomic E-state index is 12.6. The Labute approximate surface area is 126 Å². The molecule has 5 nitrogen and oxygen atoms in total. The zero-order chi connectivity index (χ0) is 14.7. The Morgan fingerprint density at radius 3 is 2.65 bits per heavy atom. The van der Waals surface area contributed by atoms with Crippen LogP contribution in [0.25, 0.3) is 0 Å². The first-order valence-electron chi connectivity index (χ1n) is 6.55. The minimum atomic E-state index is -0.214. The summed E-state index contributed by atoms with van der Waals surface area (Å²) in [6.07, 6.45) is 3.01. The van der Waals surface area contributed by atoms with Gasteiger partial charge in [0.15, 0.2) is 5.78 Å². The quantitative estimate of drug-likeness (QED) is 0.859. The van der Waals surface area contributed by atoms with Gasteiger partial charge in [-0.3, -0.25) is 9.59 Å². The number of nitrogens with zero attached hydrogens (tertiary/aromatic N) is 1. The lowest BCUT2D eigenvalue weighted by Crippen LogP contribution is -2.26. The fourth-order valence-electron chi connectivity index (χ4n) is 2.25. The van der Waals surface area contributed by atoms with Crippen molar-refractivity contribution in [1.29, 1.82) is 0 Å². The number of halogens is 1. The third-order valence-corrected chi connectivity index (χ3v) is 4.20. The van der Waals surface area contributed by atoms with Crippen LogP contribution >= 0.6 is 15.9 Å². The van der Waals surface area contributed by atoms with Gasteiger partial charge in [0.1, 0.15) is 5.69 Å². The second-order valence-electron chi connectivity index (χ2n) is 4.89. The monoisotopic (exact) mass is 340 g/mol. The van der Waals surface area contributed by atoms with E-state index in [9.17, 15) is 9.59 Å². The molecule has 0 atom stereocenters. The van der Waals surface area contributed by atoms with Gasteiger partial charge < -0.3 is 10.1 Å². The summed E-state index contributed by atoms with van der Waals surface area (Å²) in [5, 5.41) is 2.72. The van der Waals surface area contributed by atoms with Gasteiger partial charge >= 0.3 is 0 Å². The smallest absolute Gasteiger partial charge is 0.221 e. The molecular formula is C14H17BrN2O3. The van der Waals surface area contributed by atoms with Crippen molar-refractivity contribution in [2.75, 3.05) is 18.5 Å². The molecule has 1 aliphatic rings. The lowest BCUT2D eigenvalue weighted by atomic mass is 9.92. The molecule has 6 heteroatoms. The first-order chi connectivity index (χ1) is 9.50. The van der Waals surface area contributed by atoms with Crippen molar-refractivity contribution in [3.63, 3.8) is 0 Å². The summed E-state index contributed by atoms with van der Waals surface area (Å²) >= 11 is 3.37. The summed E-state index contributed by atoms with van der Waals surface area (Å²) in [5.41, 5.74) is 1.65. The number of hydrogen-bond donors (Lipinski definition) is 1. The minimum Gasteiger partial charge on any atom is -0.381 e. The molecule has 0 saturated carbocycles. The number of ketones is 1. The van der Waals surface area contributed by atoms with Crippen LogP contribution in [-0.4, -0.2) is 29.9 Å². The van der Waals surface area contributed by atoms with Crippen molar-refractivity contribution in [3.8, 4) is 0 Å². The predicted octanol–water partition coefficient (Wildman–Crippen LogP) is 2.72. The summed E-state index contributed by atoms with van der Waals surface area (Å²) in [7, 11) is 0. The third-order valence-electron chi connectivity index (χ3n) is 3.40. The first-order valence-corrected chi connectivity index (χ1v) is 7.34. The van der Waals surface area contributed by atoms with Gasteiger partial charge in [-0.05, 0) is 41.3 Å². The van der Waals surface area contributed by atoms with Crippen molar-refractivity contribution in [2.45, 2.75) is 26.7 Å². The Bertz CT molecular complexity index is 539. The van der Waals surface area contributed by atoms with Crippen LogP contribution in [0.15, 0.2) is 10.7 Å². The number of rotatable bonds is 3. The Balaban J connectivity index is 2.36. The number of carbonyl (C=O) groups is 2. The van der Waals surface area contributed by atoms with Gasteiger partial charge in [-0.1, -0.05) is 0 Å². The number of aromatic nitrogens is 1. The van der Waals surface area contributed by atoms with E-state index in [1.807, 2.05) is 6.92 Å². The van der Waals surface area contributed by atoms with Gasteiger partial charge in [0.05, 0.1) is 5.69 Å². The first kappa shape index (κ1) is 15.1. The largest absolute Gasteiger partial charge is 0.381 e. The Morgan fingerprint density at radius 2 is 2.05 bits per heavy atom. The maximum Gasteiger partial charge on any atom is 0.221 e. The molecule has 1 N–H and O–H groups in total. The van der Waals surface area contributed by atoms with E-state index in [2.05, 4.69) is 26.2 Å². The second-order valence-corrected chi connectivity index (χ2v) is 5.74. The van der Waals surface area contributed by atoms with Crippen LogP contribution in [0.1, 0.15) is 35.8 Å². The van der Waals surface area contributed by atoms with E-state index in [0.717, 1.165) is 10.0 Å². The molecule has 0 aliphatic carbocycles. The van der Waals surface area contributed by atoms with Gasteiger partial charge in [-0.25, -0.2) is 4.98 Å². The van der Waals surface area contributed by atoms with Crippen molar-refractivity contribution < 1.29 is 14.3 Å². The van der Waals surface area contributed by atoms with Crippen LogP contribution in [-0.2, 0) is 9.53 Å². The number of ether oxygens (including phenoxy) is 1. The normalized spacial score (nSPS) is 15.9. The number of pyridine rings is 1. The number of nitrogens with one attached hydrogen (secondary N) is 1. The summed E-state index contributed by atoms with van der Waals surface area (Å²) in [6.45, 7) is 4.46. The molecule has 1 fully saturated rings. The van der Waals surface area contributed by atoms with Crippen LogP contribution < -0.4 is 5.32 Å². The number of carbonyl (C=O) groups excluding carboxylic acids is 2. The molecule has 0 bridgehead atoms. The van der Waals surface area contributed by atoms with Crippen molar-refractivity contribution >= 4 is 33.3 Å². The molecular weight excluding hydrogens is 324 g/mol. The zero-order valence-electron chi connectivity index (χ0n) is 11.5. The van der Waals surface area contributed by atoms with Crippen LogP contribution in [0.5, 0.6) is 0 Å². The van der Waals surface area contributed by atoms with Crippen molar-refractivity contribution in [3.05, 3.63) is 21.9 Å². The fourth-order valence-corrected chi connectivity index (χ4v) is 2.55. The highest BCUT2D eigenvalue weighted by Crippen LogP contribution is 2.29. The number of Topliss-reactive ketones (excluding diaryl/α,β-unsaturated/α-hetero) is 1. The SMILES string of the molecule is CC(=O)Nc1c(C(=O)C2CCOCC2)ncc(Br)c1C. The summed E-state index contributed by atoms with van der Waals surface area (Å²) in [4.78, 5) is 28.1. The van der Waals surface area contributed by atoms with Crippen molar-refractivity contribution in [1.82, 2.24) is 4.98 Å². The summed E-state index contributed by atoms with van der Waals surface area (Å²) < 4.78 is 6.04. The fraction of sp³-hybridized carbons (Fsp3) is 0.500. The van der Waals surface area contributed by atoms with Crippen molar-refractivity contribution in [2.24, 2.45) is 5.92 Å². The molecule has 1 aromatic rings. The van der Waals surface area contributed by atoms with Crippen LogP contribution in [0.3, 0.4) is 0 Å². The molecule has 1 amide bonds. The highest BCUT2D eigenvalue weighted by Gasteiger charge is 2.27. The van der Waals surface area contributed by atoms with Crippen LogP contribution in [0, 0.1) is 12.8 Å². The molecule has 0 radical (unpaired) electrons. The highest BCUT2D eigenvalue weighted by atomic mass is 79.9.